The smallest absolute Gasteiger partial charge is 0.303 e. The number of anilines is 1. The molecule has 0 radical (unpaired) electrons. The summed E-state index contributed by atoms with van der Waals surface area (Å²) in [6, 6.07) is 2.21. The minimum absolute atomic E-state index is 0.0630. The van der Waals surface area contributed by atoms with Gasteiger partial charge >= 0.3 is 5.97 Å². The number of nitrogens with one attached hydrogen (secondary N) is 1. The average Bonchev–Trinajstić information content (AvgIpc) is 2.72. The van der Waals surface area contributed by atoms with Gasteiger partial charge in [0.25, 0.3) is 0 Å². The van der Waals surface area contributed by atoms with Crippen LogP contribution in [-0.2, 0) is 22.4 Å². The van der Waals surface area contributed by atoms with Crippen molar-refractivity contribution < 1.29 is 14.7 Å². The third-order valence-electron chi connectivity index (χ3n) is 3.80. The second-order valence-electron chi connectivity index (χ2n) is 6.49. The molecule has 1 aromatic rings. The van der Waals surface area contributed by atoms with Gasteiger partial charge in [-0.25, -0.2) is 0 Å². The lowest BCUT2D eigenvalue weighted by molar-refractivity contribution is -0.139. The summed E-state index contributed by atoms with van der Waals surface area (Å²) >= 11 is 1.48. The number of rotatable bonds is 5. The van der Waals surface area contributed by atoms with Crippen LogP contribution in [0.1, 0.15) is 55.5 Å². The molecule has 0 saturated heterocycles. The van der Waals surface area contributed by atoms with Crippen LogP contribution >= 0.6 is 11.3 Å². The number of hydrogen-bond donors (Lipinski definition) is 2. The molecule has 2 N–H and O–H groups in total. The molecule has 5 nitrogen and oxygen atoms in total. The van der Waals surface area contributed by atoms with Crippen molar-refractivity contribution in [3.05, 3.63) is 16.0 Å². The van der Waals surface area contributed by atoms with Crippen LogP contribution in [0.3, 0.4) is 0 Å². The molecule has 1 amide bonds. The number of carbonyl (C=O) groups excluding carboxylic acids is 1. The van der Waals surface area contributed by atoms with Gasteiger partial charge in [0.05, 0.1) is 12.0 Å². The Kier molecular flexibility index (Phi) is 4.87. The highest BCUT2D eigenvalue weighted by Gasteiger charge is 2.27. The summed E-state index contributed by atoms with van der Waals surface area (Å²) in [7, 11) is 0. The number of nitriles is 1. The summed E-state index contributed by atoms with van der Waals surface area (Å²) in [5.41, 5.74) is 1.06. The Bertz CT molecular complexity index is 641. The number of nitrogens with zero attached hydrogens (tertiary/aromatic N) is 1. The number of amides is 1. The standard InChI is InChI=1S/C16H20N2O3S/c1-16(2,8-14(20)21)7-13(19)18-15-11(9-17)10-5-3-4-6-12(10)22-15/h3-8H2,1-2H3,(H,18,19)(H,20,21). The molecule has 0 fully saturated rings. The maximum Gasteiger partial charge on any atom is 0.303 e. The normalized spacial score (nSPS) is 14.0. The molecule has 0 spiro atoms. The summed E-state index contributed by atoms with van der Waals surface area (Å²) in [5, 5.41) is 21.7. The summed E-state index contributed by atoms with van der Waals surface area (Å²) in [6.07, 6.45) is 4.12. The molecule has 0 atom stereocenters. The molecule has 6 heteroatoms. The van der Waals surface area contributed by atoms with E-state index in [1.807, 2.05) is 0 Å². The van der Waals surface area contributed by atoms with Crippen LogP contribution in [0.2, 0.25) is 0 Å². The average molecular weight is 320 g/mol. The highest BCUT2D eigenvalue weighted by Crippen LogP contribution is 2.38. The molecule has 1 heterocycles. The number of fused-ring (bicyclic) bond motifs is 1. The monoisotopic (exact) mass is 320 g/mol. The van der Waals surface area contributed by atoms with E-state index in [-0.39, 0.29) is 18.7 Å². The first-order valence-corrected chi connectivity index (χ1v) is 8.20. The van der Waals surface area contributed by atoms with Gasteiger partial charge in [-0.05, 0) is 36.7 Å². The maximum atomic E-state index is 12.2. The first-order chi connectivity index (χ1) is 10.3. The van der Waals surface area contributed by atoms with E-state index in [0.717, 1.165) is 31.2 Å². The third kappa shape index (κ3) is 3.86. The number of hydrogen-bond acceptors (Lipinski definition) is 4. The quantitative estimate of drug-likeness (QED) is 0.870. The second-order valence-corrected chi connectivity index (χ2v) is 7.59. The van der Waals surface area contributed by atoms with E-state index < -0.39 is 11.4 Å². The van der Waals surface area contributed by atoms with Crippen molar-refractivity contribution in [1.82, 2.24) is 0 Å². The van der Waals surface area contributed by atoms with Gasteiger partial charge in [0, 0.05) is 11.3 Å². The Hall–Kier alpha value is -1.87. The van der Waals surface area contributed by atoms with E-state index in [0.29, 0.717) is 10.6 Å². The molecular formula is C16H20N2O3S. The van der Waals surface area contributed by atoms with Crippen LogP contribution in [0.5, 0.6) is 0 Å². The van der Waals surface area contributed by atoms with Gasteiger partial charge in [0.2, 0.25) is 5.91 Å². The first kappa shape index (κ1) is 16.5. The Morgan fingerprint density at radius 1 is 1.32 bits per heavy atom. The number of carboxylic acids is 1. The van der Waals surface area contributed by atoms with Gasteiger partial charge in [-0.2, -0.15) is 5.26 Å². The zero-order valence-corrected chi connectivity index (χ0v) is 13.7. The molecule has 0 saturated carbocycles. The Morgan fingerprint density at radius 2 is 2.00 bits per heavy atom. The van der Waals surface area contributed by atoms with E-state index in [9.17, 15) is 14.9 Å². The fraction of sp³-hybridized carbons (Fsp3) is 0.562. The molecule has 0 aliphatic heterocycles. The maximum absolute atomic E-state index is 12.2. The van der Waals surface area contributed by atoms with E-state index >= 15 is 0 Å². The van der Waals surface area contributed by atoms with Crippen LogP contribution in [-0.4, -0.2) is 17.0 Å². The minimum atomic E-state index is -0.915. The minimum Gasteiger partial charge on any atom is -0.481 e. The zero-order chi connectivity index (χ0) is 16.3. The fourth-order valence-corrected chi connectivity index (χ4v) is 4.11. The van der Waals surface area contributed by atoms with E-state index in [1.54, 1.807) is 13.8 Å². The van der Waals surface area contributed by atoms with Crippen molar-refractivity contribution in [3.63, 3.8) is 0 Å². The van der Waals surface area contributed by atoms with Gasteiger partial charge < -0.3 is 10.4 Å². The molecule has 118 valence electrons. The molecule has 1 aromatic heterocycles. The van der Waals surface area contributed by atoms with Gasteiger partial charge in [0.1, 0.15) is 11.1 Å². The Labute approximate surface area is 134 Å². The van der Waals surface area contributed by atoms with Crippen molar-refractivity contribution in [2.45, 2.75) is 52.4 Å². The lowest BCUT2D eigenvalue weighted by atomic mass is 9.85. The van der Waals surface area contributed by atoms with Crippen LogP contribution < -0.4 is 5.32 Å². The molecule has 0 bridgehead atoms. The lowest BCUT2D eigenvalue weighted by Gasteiger charge is -2.21. The summed E-state index contributed by atoms with van der Waals surface area (Å²) in [6.45, 7) is 3.51. The lowest BCUT2D eigenvalue weighted by Crippen LogP contribution is -2.24. The van der Waals surface area contributed by atoms with Crippen molar-refractivity contribution in [2.75, 3.05) is 5.32 Å². The molecule has 0 aromatic carbocycles. The first-order valence-electron chi connectivity index (χ1n) is 7.39. The fourth-order valence-electron chi connectivity index (χ4n) is 2.85. The van der Waals surface area contributed by atoms with Crippen LogP contribution in [0.25, 0.3) is 0 Å². The van der Waals surface area contributed by atoms with Crippen molar-refractivity contribution in [1.29, 1.82) is 5.26 Å². The summed E-state index contributed by atoms with van der Waals surface area (Å²) < 4.78 is 0. The van der Waals surface area contributed by atoms with Gasteiger partial charge in [-0.15, -0.1) is 11.3 Å². The van der Waals surface area contributed by atoms with Crippen LogP contribution in [0.4, 0.5) is 5.00 Å². The van der Waals surface area contributed by atoms with Crippen molar-refractivity contribution in [3.8, 4) is 6.07 Å². The number of thiophene rings is 1. The largest absolute Gasteiger partial charge is 0.481 e. The molecule has 22 heavy (non-hydrogen) atoms. The highest BCUT2D eigenvalue weighted by molar-refractivity contribution is 7.16. The predicted octanol–water partition coefficient (Wildman–Crippen LogP) is 3.33. The van der Waals surface area contributed by atoms with Gasteiger partial charge in [-0.1, -0.05) is 13.8 Å². The third-order valence-corrected chi connectivity index (χ3v) is 5.01. The Balaban J connectivity index is 2.11. The van der Waals surface area contributed by atoms with Crippen LogP contribution in [0, 0.1) is 16.7 Å². The van der Waals surface area contributed by atoms with Crippen LogP contribution in [0.15, 0.2) is 0 Å². The Morgan fingerprint density at radius 3 is 2.64 bits per heavy atom. The predicted molar refractivity (Wildman–Crippen MR) is 85.0 cm³/mol. The van der Waals surface area contributed by atoms with Crippen molar-refractivity contribution >= 4 is 28.2 Å². The van der Waals surface area contributed by atoms with E-state index in [1.165, 1.54) is 16.2 Å². The molecule has 2 rings (SSSR count). The number of aryl methyl sites for hydroxylation is 1. The summed E-state index contributed by atoms with van der Waals surface area (Å²) in [5.74, 6) is -1.15. The second kappa shape index (κ2) is 6.49. The van der Waals surface area contributed by atoms with Gasteiger partial charge in [0.15, 0.2) is 0 Å². The van der Waals surface area contributed by atoms with Gasteiger partial charge in [-0.3, -0.25) is 9.59 Å². The number of aliphatic carboxylic acids is 1. The zero-order valence-electron chi connectivity index (χ0n) is 12.9. The summed E-state index contributed by atoms with van der Waals surface area (Å²) in [4.78, 5) is 24.2. The van der Waals surface area contributed by atoms with E-state index in [4.69, 9.17) is 5.11 Å². The highest BCUT2D eigenvalue weighted by atomic mass is 32.1. The molecular weight excluding hydrogens is 300 g/mol. The molecule has 1 aliphatic rings. The topological polar surface area (TPSA) is 90.2 Å². The SMILES string of the molecule is CC(C)(CC(=O)O)CC(=O)Nc1sc2c(c1C#N)CCCC2. The van der Waals surface area contributed by atoms with E-state index in [2.05, 4.69) is 11.4 Å². The molecule has 1 aliphatic carbocycles. The molecule has 0 unspecified atom stereocenters. The van der Waals surface area contributed by atoms with Crippen molar-refractivity contribution in [2.24, 2.45) is 5.41 Å². The number of carboxylic acid groups (broad SMARTS) is 1. The number of carbonyl (C=O) groups is 2.